The van der Waals surface area contributed by atoms with Crippen LogP contribution < -0.4 is 24.1 Å². The number of carbonyl (C=O) groups is 2. The maximum absolute atomic E-state index is 11.8. The number of rotatable bonds is 2. The molecule has 1 amide bonds. The molecule has 0 atom stereocenters. The van der Waals surface area contributed by atoms with Crippen molar-refractivity contribution in [3.8, 4) is 0 Å². The Labute approximate surface area is 284 Å². The van der Waals surface area contributed by atoms with Crippen molar-refractivity contribution in [2.24, 2.45) is 0 Å². The quantitative estimate of drug-likeness (QED) is 0.233. The SMILES string of the molecule is CC(=O)c1c[nH]c2ccc(C)nc2c1=O.Cc1ccc2[nH]cc(C([NH-])=O)c(=O)c2n1.II.I[I-]I.[Y]. The maximum atomic E-state index is 11.8. The number of hydrogen-bond donors (Lipinski definition) is 2. The molecule has 1 radical (unpaired) electrons. The molecule has 4 aromatic heterocycles. The smallest absolute Gasteiger partial charge is 0 e. The van der Waals surface area contributed by atoms with E-state index in [-0.39, 0.29) is 60.6 Å². The van der Waals surface area contributed by atoms with Crippen LogP contribution in [0, 0.1) is 13.8 Å². The first-order valence-corrected chi connectivity index (χ1v) is 28.2. The van der Waals surface area contributed by atoms with Crippen LogP contribution in [0.4, 0.5) is 0 Å². The Morgan fingerprint density at radius 1 is 0.833 bits per heavy atom. The second kappa shape index (κ2) is 18.8. The first-order valence-electron chi connectivity index (χ1n) is 9.37. The van der Waals surface area contributed by atoms with Crippen LogP contribution in [0.25, 0.3) is 27.8 Å². The van der Waals surface area contributed by atoms with Crippen molar-refractivity contribution in [2.45, 2.75) is 20.8 Å². The van der Waals surface area contributed by atoms with Gasteiger partial charge >= 0.3 is 50.5 Å². The molecule has 36 heavy (non-hydrogen) atoms. The summed E-state index contributed by atoms with van der Waals surface area (Å²) in [5.41, 5.74) is 9.27. The van der Waals surface area contributed by atoms with Crippen LogP contribution in [0.3, 0.4) is 0 Å². The van der Waals surface area contributed by atoms with Gasteiger partial charge in [0.05, 0.1) is 28.1 Å². The van der Waals surface area contributed by atoms with Crippen molar-refractivity contribution in [1.82, 2.24) is 19.9 Å². The van der Waals surface area contributed by atoms with Gasteiger partial charge in [0.25, 0.3) is 0 Å². The normalized spacial score (nSPS) is 9.53. The van der Waals surface area contributed by atoms with Gasteiger partial charge in [0.2, 0.25) is 10.9 Å². The van der Waals surface area contributed by atoms with Crippen LogP contribution in [-0.4, -0.2) is 31.6 Å². The Hall–Kier alpha value is 0.614. The van der Waals surface area contributed by atoms with Gasteiger partial charge in [0.15, 0.2) is 5.78 Å². The Balaban J connectivity index is 0.000000565. The van der Waals surface area contributed by atoms with E-state index in [1.807, 2.05) is 6.07 Å². The molecule has 4 aromatic rings. The average molecular weight is 1130 g/mol. The third kappa shape index (κ3) is 10.6. The van der Waals surface area contributed by atoms with Crippen LogP contribution in [0.1, 0.15) is 39.0 Å². The molecule has 0 saturated heterocycles. The van der Waals surface area contributed by atoms with E-state index in [0.717, 1.165) is 5.69 Å². The van der Waals surface area contributed by atoms with E-state index in [1.54, 1.807) is 32.0 Å². The number of H-pyrrole nitrogens is 2. The first kappa shape index (κ1) is 36.6. The molecular formula is C21H18I5N5O4Y-2. The largest absolute Gasteiger partial charge is 0 e. The monoisotopic (exact) mass is 1130 g/mol. The number of nitrogens with zero attached hydrogens (tertiary/aromatic N) is 2. The summed E-state index contributed by atoms with van der Waals surface area (Å²) in [5.74, 6) is -1.25. The molecule has 191 valence electrons. The number of fused-ring (bicyclic) bond motifs is 2. The molecule has 0 fully saturated rings. The summed E-state index contributed by atoms with van der Waals surface area (Å²) in [6.45, 7) is 4.93. The van der Waals surface area contributed by atoms with E-state index in [9.17, 15) is 19.2 Å². The zero-order valence-electron chi connectivity index (χ0n) is 19.0. The summed E-state index contributed by atoms with van der Waals surface area (Å²) in [6.07, 6.45) is 2.68. The molecule has 0 spiro atoms. The van der Waals surface area contributed by atoms with Gasteiger partial charge in [-0.15, -0.1) is 0 Å². The molecule has 0 saturated carbocycles. The Kier molecular flexibility index (Phi) is 19.1. The van der Waals surface area contributed by atoms with Gasteiger partial charge in [-0.3, -0.25) is 14.4 Å². The third-order valence-corrected chi connectivity index (χ3v) is 4.36. The van der Waals surface area contributed by atoms with Crippen molar-refractivity contribution >= 4 is 108 Å². The average Bonchev–Trinajstić information content (AvgIpc) is 2.82. The van der Waals surface area contributed by atoms with Gasteiger partial charge in [0.1, 0.15) is 11.0 Å². The fourth-order valence-electron chi connectivity index (χ4n) is 2.81. The number of hydrogen-bond acceptors (Lipinski definition) is 6. The molecule has 0 aliphatic heterocycles. The predicted molar refractivity (Wildman–Crippen MR) is 169 cm³/mol. The van der Waals surface area contributed by atoms with Crippen LogP contribution in [0.5, 0.6) is 0 Å². The van der Waals surface area contributed by atoms with E-state index in [1.165, 1.54) is 19.3 Å². The number of Topliss-reactive ketones (excluding diaryl/α,β-unsaturated/α-hetero) is 1. The Morgan fingerprint density at radius 3 is 1.56 bits per heavy atom. The van der Waals surface area contributed by atoms with Crippen molar-refractivity contribution < 1.29 is 55.6 Å². The minimum absolute atomic E-state index is 0. The van der Waals surface area contributed by atoms with Crippen LogP contribution >= 0.6 is 74.5 Å². The van der Waals surface area contributed by atoms with Gasteiger partial charge in [-0.05, 0) is 45.0 Å². The number of pyridine rings is 4. The van der Waals surface area contributed by atoms with Crippen LogP contribution in [0.2, 0.25) is 0 Å². The van der Waals surface area contributed by atoms with Gasteiger partial charge < -0.3 is 20.5 Å². The zero-order chi connectivity index (χ0) is 26.7. The zero-order valence-corrected chi connectivity index (χ0v) is 32.6. The number of aromatic nitrogens is 4. The fourth-order valence-corrected chi connectivity index (χ4v) is 2.81. The summed E-state index contributed by atoms with van der Waals surface area (Å²) in [6, 6.07) is 7.08. The Bertz CT molecular complexity index is 1350. The molecule has 0 aromatic carbocycles. The molecular weight excluding hydrogens is 1110 g/mol. The standard InChI is InChI=1S/C11H10N2O2.C10H9N3O2.I3.I2.Y/c1-6-3-4-9-10(13-6)11(15)8(5-12-9)7(2)14;1-5-2-3-7-8(13-5)9(14)6(4-12-7)10(11)15;1-3-2;1-2;/h3-5H,1-2H3,(H,12,15);2-4H,1H3,(H3,11,12,14,15);;;/q;;-1;;/p-1. The van der Waals surface area contributed by atoms with Gasteiger partial charge in [-0.2, -0.15) is 0 Å². The predicted octanol–water partition coefficient (Wildman–Crippen LogP) is 3.40. The molecule has 0 aliphatic carbocycles. The molecule has 9 nitrogen and oxygen atoms in total. The summed E-state index contributed by atoms with van der Waals surface area (Å²) in [7, 11) is 0. The number of amides is 1. The van der Waals surface area contributed by atoms with Crippen molar-refractivity contribution in [3.05, 3.63) is 85.4 Å². The molecule has 3 N–H and O–H groups in total. The third-order valence-electron chi connectivity index (χ3n) is 4.36. The second-order valence-corrected chi connectivity index (χ2v) is 22.9. The summed E-state index contributed by atoms with van der Waals surface area (Å²) in [4.78, 5) is 59.3. The van der Waals surface area contributed by atoms with E-state index in [4.69, 9.17) is 5.73 Å². The number of aromatic amines is 2. The van der Waals surface area contributed by atoms with E-state index in [0.29, 0.717) is 35.5 Å². The molecule has 4 rings (SSSR count). The van der Waals surface area contributed by atoms with E-state index in [2.05, 4.69) is 94.4 Å². The van der Waals surface area contributed by atoms with Crippen LogP contribution in [-0.2, 0) is 32.7 Å². The van der Waals surface area contributed by atoms with Crippen molar-refractivity contribution in [2.75, 3.05) is 0 Å². The first-order chi connectivity index (χ1) is 16.6. The van der Waals surface area contributed by atoms with Crippen molar-refractivity contribution in [3.63, 3.8) is 0 Å². The number of carbonyl (C=O) groups excluding carboxylic acids is 2. The molecule has 15 heteroatoms. The van der Waals surface area contributed by atoms with Crippen molar-refractivity contribution in [1.29, 1.82) is 0 Å². The van der Waals surface area contributed by atoms with Gasteiger partial charge in [-0.25, -0.2) is 9.97 Å². The molecule has 0 unspecified atom stereocenters. The van der Waals surface area contributed by atoms with Crippen LogP contribution in [0.15, 0.2) is 46.2 Å². The minimum atomic E-state index is -0.999. The van der Waals surface area contributed by atoms with Gasteiger partial charge in [0, 0.05) is 93.7 Å². The molecule has 0 aliphatic rings. The van der Waals surface area contributed by atoms with E-state index >= 15 is 0 Å². The fraction of sp³-hybridized carbons (Fsp3) is 0.143. The number of ketones is 1. The molecule has 4 heterocycles. The summed E-state index contributed by atoms with van der Waals surface area (Å²) < 4.78 is 0. The second-order valence-electron chi connectivity index (χ2n) is 6.70. The number of nitrogens with one attached hydrogen (secondary N) is 3. The van der Waals surface area contributed by atoms with Gasteiger partial charge in [-0.1, -0.05) is 0 Å². The molecule has 0 bridgehead atoms. The summed E-state index contributed by atoms with van der Waals surface area (Å²) in [5, 5.41) is 0. The number of halogens is 5. The Morgan fingerprint density at radius 2 is 1.19 bits per heavy atom. The maximum Gasteiger partial charge on any atom is 0 e. The topological polar surface area (TPSA) is 149 Å². The summed E-state index contributed by atoms with van der Waals surface area (Å²) >= 11 is 9.54. The van der Waals surface area contributed by atoms with E-state index < -0.39 is 11.3 Å². The number of aryl methyl sites for hydroxylation is 2. The minimum Gasteiger partial charge on any atom is 0 e.